The number of hydrogen-bond donors (Lipinski definition) is 4. The van der Waals surface area contributed by atoms with Crippen LogP contribution in [-0.2, 0) is 4.79 Å². The highest BCUT2D eigenvalue weighted by Crippen LogP contribution is 2.07. The fourth-order valence-electron chi connectivity index (χ4n) is 1.23. The number of urea groups is 1. The molecule has 0 saturated heterocycles. The smallest absolute Gasteiger partial charge is 0.312 e. The molecule has 3 amide bonds. The Hall–Kier alpha value is -1.30. The molecule has 3 atom stereocenters. The molecule has 0 aliphatic heterocycles. The number of hydrogen-bond acceptors (Lipinski definition) is 3. The number of aliphatic hydroxyl groups excluding tert-OH is 1. The van der Waals surface area contributed by atoms with Crippen molar-refractivity contribution in [2.45, 2.75) is 39.3 Å². The number of aliphatic hydroxyl groups is 1. The van der Waals surface area contributed by atoms with Gasteiger partial charge in [-0.2, -0.15) is 0 Å². The number of nitrogens with one attached hydrogen (secondary N) is 2. The number of nitrogens with two attached hydrogens (primary N) is 1. The van der Waals surface area contributed by atoms with Gasteiger partial charge in [0.25, 0.3) is 0 Å². The number of primary amides is 1. The molecule has 2 unspecified atom stereocenters. The van der Waals surface area contributed by atoms with E-state index in [0.717, 1.165) is 6.42 Å². The van der Waals surface area contributed by atoms with Crippen LogP contribution in [0.15, 0.2) is 0 Å². The highest BCUT2D eigenvalue weighted by Gasteiger charge is 2.25. The molecule has 94 valence electrons. The number of carbonyl (C=O) groups excluding carboxylic acids is 2. The van der Waals surface area contributed by atoms with Gasteiger partial charge in [0.1, 0.15) is 6.04 Å². The Balaban J connectivity index is 4.49. The average Bonchev–Trinajstić information content (AvgIpc) is 2.24. The van der Waals surface area contributed by atoms with Gasteiger partial charge in [-0.25, -0.2) is 4.79 Å². The lowest BCUT2D eigenvalue weighted by atomic mass is 9.98. The van der Waals surface area contributed by atoms with Crippen LogP contribution >= 0.6 is 0 Å². The van der Waals surface area contributed by atoms with Crippen LogP contribution in [0.2, 0.25) is 0 Å². The third-order valence-electron chi connectivity index (χ3n) is 2.46. The molecule has 0 rings (SSSR count). The first-order chi connectivity index (χ1) is 7.42. The largest absolute Gasteiger partial charge is 0.394 e. The zero-order chi connectivity index (χ0) is 12.7. The van der Waals surface area contributed by atoms with E-state index in [1.165, 1.54) is 0 Å². The van der Waals surface area contributed by atoms with Gasteiger partial charge in [-0.1, -0.05) is 20.3 Å². The minimum absolute atomic E-state index is 0.0154. The van der Waals surface area contributed by atoms with Crippen molar-refractivity contribution in [1.29, 1.82) is 0 Å². The Bertz CT molecular complexity index is 245. The quantitative estimate of drug-likeness (QED) is 0.498. The van der Waals surface area contributed by atoms with E-state index in [0.29, 0.717) is 0 Å². The van der Waals surface area contributed by atoms with E-state index in [1.807, 2.05) is 13.8 Å². The second kappa shape index (κ2) is 7.05. The molecule has 0 aliphatic rings. The van der Waals surface area contributed by atoms with E-state index in [2.05, 4.69) is 10.6 Å². The third-order valence-corrected chi connectivity index (χ3v) is 2.46. The minimum atomic E-state index is -0.725. The van der Waals surface area contributed by atoms with Gasteiger partial charge >= 0.3 is 6.03 Å². The first-order valence-corrected chi connectivity index (χ1v) is 5.39. The Kier molecular flexibility index (Phi) is 6.48. The molecule has 5 N–H and O–H groups in total. The van der Waals surface area contributed by atoms with Crippen LogP contribution in [0.25, 0.3) is 0 Å². The van der Waals surface area contributed by atoms with Crippen LogP contribution in [-0.4, -0.2) is 35.7 Å². The van der Waals surface area contributed by atoms with E-state index in [9.17, 15) is 9.59 Å². The van der Waals surface area contributed by atoms with Gasteiger partial charge in [0.15, 0.2) is 0 Å². The highest BCUT2D eigenvalue weighted by atomic mass is 16.3. The summed E-state index contributed by atoms with van der Waals surface area (Å²) >= 11 is 0. The van der Waals surface area contributed by atoms with Crippen LogP contribution in [0.4, 0.5) is 4.79 Å². The van der Waals surface area contributed by atoms with Crippen molar-refractivity contribution in [2.24, 2.45) is 11.7 Å². The number of carbonyl (C=O) groups is 2. The molecule has 0 aromatic rings. The van der Waals surface area contributed by atoms with Gasteiger partial charge in [0.2, 0.25) is 5.91 Å². The van der Waals surface area contributed by atoms with Crippen molar-refractivity contribution < 1.29 is 14.7 Å². The van der Waals surface area contributed by atoms with Crippen molar-refractivity contribution >= 4 is 11.9 Å². The number of amides is 3. The zero-order valence-corrected chi connectivity index (χ0v) is 9.99. The Morgan fingerprint density at radius 2 is 1.88 bits per heavy atom. The molecule has 0 radical (unpaired) electrons. The summed E-state index contributed by atoms with van der Waals surface area (Å²) < 4.78 is 0. The summed E-state index contributed by atoms with van der Waals surface area (Å²) in [5, 5.41) is 13.8. The first kappa shape index (κ1) is 14.7. The van der Waals surface area contributed by atoms with E-state index >= 15 is 0 Å². The van der Waals surface area contributed by atoms with Gasteiger partial charge in [0.05, 0.1) is 6.61 Å². The van der Waals surface area contributed by atoms with Crippen molar-refractivity contribution in [3.05, 3.63) is 0 Å². The summed E-state index contributed by atoms with van der Waals surface area (Å²) in [4.78, 5) is 22.5. The molecular formula is C10H21N3O3. The van der Waals surface area contributed by atoms with E-state index in [4.69, 9.17) is 10.8 Å². The van der Waals surface area contributed by atoms with Crippen LogP contribution in [0.1, 0.15) is 27.2 Å². The molecular weight excluding hydrogens is 210 g/mol. The van der Waals surface area contributed by atoms with E-state index in [1.54, 1.807) is 6.92 Å². The molecule has 6 heteroatoms. The van der Waals surface area contributed by atoms with Gasteiger partial charge in [-0.15, -0.1) is 0 Å². The van der Waals surface area contributed by atoms with Crippen molar-refractivity contribution in [3.8, 4) is 0 Å². The van der Waals surface area contributed by atoms with Crippen LogP contribution in [0.5, 0.6) is 0 Å². The molecule has 0 bridgehead atoms. The minimum Gasteiger partial charge on any atom is -0.394 e. The summed E-state index contributed by atoms with van der Waals surface area (Å²) in [6.07, 6.45) is 0.742. The average molecular weight is 231 g/mol. The molecule has 16 heavy (non-hydrogen) atoms. The summed E-state index contributed by atoms with van der Waals surface area (Å²) in [6, 6.07) is -1.72. The van der Waals surface area contributed by atoms with Gasteiger partial charge in [-0.05, 0) is 12.8 Å². The second-order valence-electron chi connectivity index (χ2n) is 3.96. The molecule has 0 aliphatic carbocycles. The molecule has 6 nitrogen and oxygen atoms in total. The van der Waals surface area contributed by atoms with Crippen molar-refractivity contribution in [2.75, 3.05) is 6.61 Å². The fraction of sp³-hybridized carbons (Fsp3) is 0.800. The van der Waals surface area contributed by atoms with Crippen LogP contribution in [0, 0.1) is 5.92 Å². The van der Waals surface area contributed by atoms with Gasteiger partial charge in [-0.3, -0.25) is 4.79 Å². The first-order valence-electron chi connectivity index (χ1n) is 5.39. The molecule has 0 heterocycles. The van der Waals surface area contributed by atoms with E-state index in [-0.39, 0.29) is 24.5 Å². The van der Waals surface area contributed by atoms with Crippen molar-refractivity contribution in [3.63, 3.8) is 0 Å². The Morgan fingerprint density at radius 1 is 1.31 bits per heavy atom. The predicted octanol–water partition coefficient (Wildman–Crippen LogP) is -0.434. The van der Waals surface area contributed by atoms with Crippen LogP contribution < -0.4 is 16.4 Å². The summed E-state index contributed by atoms with van der Waals surface area (Å²) in [6.45, 7) is 5.30. The maximum atomic E-state index is 11.8. The lowest BCUT2D eigenvalue weighted by molar-refractivity contribution is -0.124. The van der Waals surface area contributed by atoms with Crippen molar-refractivity contribution in [1.82, 2.24) is 10.6 Å². The molecule has 0 aromatic heterocycles. The highest BCUT2D eigenvalue weighted by molar-refractivity contribution is 5.86. The lowest BCUT2D eigenvalue weighted by Gasteiger charge is -2.24. The summed E-state index contributed by atoms with van der Waals surface area (Å²) in [5.74, 6) is -0.340. The maximum Gasteiger partial charge on any atom is 0.312 e. The zero-order valence-electron chi connectivity index (χ0n) is 9.99. The summed E-state index contributed by atoms with van der Waals surface area (Å²) in [7, 11) is 0. The third kappa shape index (κ3) is 4.97. The molecule has 0 spiro atoms. The Labute approximate surface area is 95.6 Å². The summed E-state index contributed by atoms with van der Waals surface area (Å²) in [5.41, 5.74) is 5.01. The normalized spacial score (nSPS) is 16.0. The topological polar surface area (TPSA) is 104 Å². The van der Waals surface area contributed by atoms with Crippen LogP contribution in [0.3, 0.4) is 0 Å². The maximum absolute atomic E-state index is 11.8. The standard InChI is InChI=1S/C10H21N3O3/c1-4-6(2)8(13-10(11)16)9(15)12-7(3)5-14/h6-8,14H,4-5H2,1-3H3,(H,12,15)(H3,11,13,16)/t6?,7-,8?/m1/s1. The monoisotopic (exact) mass is 231 g/mol. The lowest BCUT2D eigenvalue weighted by Crippen LogP contribution is -2.53. The molecule has 0 fully saturated rings. The van der Waals surface area contributed by atoms with Gasteiger partial charge < -0.3 is 21.5 Å². The fourth-order valence-corrected chi connectivity index (χ4v) is 1.23. The van der Waals surface area contributed by atoms with Gasteiger partial charge in [0, 0.05) is 6.04 Å². The predicted molar refractivity (Wildman–Crippen MR) is 60.7 cm³/mol. The van der Waals surface area contributed by atoms with E-state index < -0.39 is 12.1 Å². The number of rotatable bonds is 6. The SMILES string of the molecule is CCC(C)C(NC(N)=O)C(=O)N[C@H](C)CO. The Morgan fingerprint density at radius 3 is 2.25 bits per heavy atom. The molecule has 0 aromatic carbocycles. The molecule has 0 saturated carbocycles. The second-order valence-corrected chi connectivity index (χ2v) is 3.96.